The van der Waals surface area contributed by atoms with Crippen molar-refractivity contribution < 1.29 is 13.2 Å². The van der Waals surface area contributed by atoms with E-state index in [9.17, 15) is 8.42 Å². The van der Waals surface area contributed by atoms with Crippen molar-refractivity contribution in [1.82, 2.24) is 9.62 Å². The minimum Gasteiger partial charge on any atom is -0.385 e. The van der Waals surface area contributed by atoms with Crippen molar-refractivity contribution in [1.29, 1.82) is 0 Å². The molecule has 1 atom stereocenters. The van der Waals surface area contributed by atoms with Crippen molar-refractivity contribution >= 4 is 10.0 Å². The number of hydrogen-bond donors (Lipinski definition) is 1. The van der Waals surface area contributed by atoms with E-state index in [4.69, 9.17) is 4.74 Å². The first-order valence-corrected chi connectivity index (χ1v) is 8.36. The highest BCUT2D eigenvalue weighted by molar-refractivity contribution is 7.89. The molecule has 1 N–H and O–H groups in total. The van der Waals surface area contributed by atoms with Crippen LogP contribution in [0, 0.1) is 0 Å². The lowest BCUT2D eigenvalue weighted by Gasteiger charge is -2.34. The summed E-state index contributed by atoms with van der Waals surface area (Å²) in [4.78, 5) is 0. The van der Waals surface area contributed by atoms with Gasteiger partial charge in [-0.2, -0.15) is 4.31 Å². The van der Waals surface area contributed by atoms with Crippen molar-refractivity contribution in [3.05, 3.63) is 0 Å². The van der Waals surface area contributed by atoms with Crippen LogP contribution >= 0.6 is 0 Å². The Morgan fingerprint density at radius 2 is 2.17 bits per heavy atom. The van der Waals surface area contributed by atoms with Gasteiger partial charge >= 0.3 is 0 Å². The average Bonchev–Trinajstić information content (AvgIpc) is 2.37. The third-order valence-corrected chi connectivity index (χ3v) is 5.41. The lowest BCUT2D eigenvalue weighted by Crippen LogP contribution is -2.45. The second-order valence-electron chi connectivity index (χ2n) is 4.81. The van der Waals surface area contributed by atoms with Crippen LogP contribution in [-0.4, -0.2) is 58.4 Å². The fourth-order valence-electron chi connectivity index (χ4n) is 2.44. The molecule has 1 aliphatic heterocycles. The molecule has 1 rings (SSSR count). The summed E-state index contributed by atoms with van der Waals surface area (Å²) in [5.74, 6) is 0.205. The highest BCUT2D eigenvalue weighted by Crippen LogP contribution is 2.23. The Hall–Kier alpha value is -0.170. The maximum absolute atomic E-state index is 12.3. The normalized spacial score (nSPS) is 22.2. The van der Waals surface area contributed by atoms with Crippen molar-refractivity contribution in [2.45, 2.75) is 38.1 Å². The Balaban J connectivity index is 2.57. The molecule has 0 bridgehead atoms. The van der Waals surface area contributed by atoms with Gasteiger partial charge in [0.15, 0.2) is 0 Å². The van der Waals surface area contributed by atoms with Crippen LogP contribution < -0.4 is 5.32 Å². The number of sulfonamides is 1. The predicted octanol–water partition coefficient (Wildman–Crippen LogP) is 0.817. The minimum atomic E-state index is -3.11. The van der Waals surface area contributed by atoms with E-state index in [-0.39, 0.29) is 11.8 Å². The number of nitrogens with zero attached hydrogens (tertiary/aromatic N) is 1. The van der Waals surface area contributed by atoms with Gasteiger partial charge in [0.2, 0.25) is 10.0 Å². The molecule has 18 heavy (non-hydrogen) atoms. The quantitative estimate of drug-likeness (QED) is 0.668. The monoisotopic (exact) mass is 278 g/mol. The summed E-state index contributed by atoms with van der Waals surface area (Å²) in [6.07, 6.45) is 4.59. The molecule has 1 aliphatic rings. The SMILES string of the molecule is CNCCC1CCCCN1S(=O)(=O)CCCOC. The number of methoxy groups -OCH3 is 1. The van der Waals surface area contributed by atoms with Crippen molar-refractivity contribution in [2.24, 2.45) is 0 Å². The van der Waals surface area contributed by atoms with Crippen molar-refractivity contribution in [3.63, 3.8) is 0 Å². The first-order chi connectivity index (χ1) is 8.61. The molecule has 0 aromatic carbocycles. The second kappa shape index (κ2) is 8.09. The molecule has 108 valence electrons. The molecule has 1 saturated heterocycles. The molecule has 0 spiro atoms. The third kappa shape index (κ3) is 4.84. The smallest absolute Gasteiger partial charge is 0.214 e. The van der Waals surface area contributed by atoms with Gasteiger partial charge in [-0.25, -0.2) is 8.42 Å². The summed E-state index contributed by atoms with van der Waals surface area (Å²) in [5, 5.41) is 3.10. The zero-order chi connectivity index (χ0) is 13.4. The lowest BCUT2D eigenvalue weighted by atomic mass is 10.0. The number of piperidine rings is 1. The maximum atomic E-state index is 12.3. The van der Waals surface area contributed by atoms with Gasteiger partial charge in [0.05, 0.1) is 5.75 Å². The van der Waals surface area contributed by atoms with Crippen LogP contribution in [0.1, 0.15) is 32.1 Å². The topological polar surface area (TPSA) is 58.6 Å². The van der Waals surface area contributed by atoms with Crippen LogP contribution in [0.3, 0.4) is 0 Å². The first-order valence-electron chi connectivity index (χ1n) is 6.75. The third-order valence-electron chi connectivity index (χ3n) is 3.41. The van der Waals surface area contributed by atoms with E-state index in [0.29, 0.717) is 19.6 Å². The number of hydrogen-bond acceptors (Lipinski definition) is 4. The van der Waals surface area contributed by atoms with Crippen LogP contribution in [0.5, 0.6) is 0 Å². The van der Waals surface area contributed by atoms with E-state index in [1.807, 2.05) is 7.05 Å². The second-order valence-corrected chi connectivity index (χ2v) is 6.86. The van der Waals surface area contributed by atoms with Gasteiger partial charge in [0.25, 0.3) is 0 Å². The molecule has 0 saturated carbocycles. The molecule has 0 aromatic rings. The van der Waals surface area contributed by atoms with Crippen LogP contribution in [-0.2, 0) is 14.8 Å². The predicted molar refractivity (Wildman–Crippen MR) is 73.2 cm³/mol. The molecule has 1 unspecified atom stereocenters. The summed E-state index contributed by atoms with van der Waals surface area (Å²) in [5.41, 5.74) is 0. The Morgan fingerprint density at radius 3 is 2.83 bits per heavy atom. The maximum Gasteiger partial charge on any atom is 0.214 e. The van der Waals surface area contributed by atoms with Crippen molar-refractivity contribution in [2.75, 3.05) is 39.6 Å². The van der Waals surface area contributed by atoms with E-state index in [0.717, 1.165) is 32.2 Å². The summed E-state index contributed by atoms with van der Waals surface area (Å²) in [6.45, 7) is 2.06. The van der Waals surface area contributed by atoms with E-state index >= 15 is 0 Å². The Morgan fingerprint density at radius 1 is 1.39 bits per heavy atom. The standard InChI is InChI=1S/C12H26N2O3S/c1-13-8-7-12-6-3-4-9-14(12)18(15,16)11-5-10-17-2/h12-13H,3-11H2,1-2H3. The fourth-order valence-corrected chi connectivity index (χ4v) is 4.23. The molecular weight excluding hydrogens is 252 g/mol. The van der Waals surface area contributed by atoms with Gasteiger partial charge in [0, 0.05) is 26.3 Å². The van der Waals surface area contributed by atoms with Crippen LogP contribution in [0.25, 0.3) is 0 Å². The molecule has 0 amide bonds. The minimum absolute atomic E-state index is 0.179. The Labute approximate surface area is 111 Å². The highest BCUT2D eigenvalue weighted by atomic mass is 32.2. The molecule has 0 aliphatic carbocycles. The summed E-state index contributed by atoms with van der Waals surface area (Å²) in [6, 6.07) is 0.179. The van der Waals surface area contributed by atoms with Gasteiger partial charge < -0.3 is 10.1 Å². The number of ether oxygens (including phenoxy) is 1. The van der Waals surface area contributed by atoms with E-state index in [1.165, 1.54) is 0 Å². The summed E-state index contributed by atoms with van der Waals surface area (Å²) >= 11 is 0. The molecule has 0 aromatic heterocycles. The zero-order valence-electron chi connectivity index (χ0n) is 11.5. The molecule has 1 heterocycles. The highest BCUT2D eigenvalue weighted by Gasteiger charge is 2.31. The van der Waals surface area contributed by atoms with Crippen LogP contribution in [0.4, 0.5) is 0 Å². The van der Waals surface area contributed by atoms with E-state index in [1.54, 1.807) is 11.4 Å². The Bertz CT molecular complexity index is 319. The van der Waals surface area contributed by atoms with Gasteiger partial charge in [-0.1, -0.05) is 6.42 Å². The van der Waals surface area contributed by atoms with Gasteiger partial charge in [0.1, 0.15) is 0 Å². The van der Waals surface area contributed by atoms with Crippen molar-refractivity contribution in [3.8, 4) is 0 Å². The fraction of sp³-hybridized carbons (Fsp3) is 1.00. The molecular formula is C12H26N2O3S. The number of nitrogens with one attached hydrogen (secondary N) is 1. The van der Waals surface area contributed by atoms with Gasteiger partial charge in [-0.15, -0.1) is 0 Å². The lowest BCUT2D eigenvalue weighted by molar-refractivity contribution is 0.197. The molecule has 1 fully saturated rings. The Kier molecular flexibility index (Phi) is 7.14. The summed E-state index contributed by atoms with van der Waals surface area (Å²) < 4.78 is 31.2. The van der Waals surface area contributed by atoms with Gasteiger partial charge in [-0.05, 0) is 39.3 Å². The number of rotatable bonds is 8. The molecule has 0 radical (unpaired) electrons. The van der Waals surface area contributed by atoms with Crippen LogP contribution in [0.2, 0.25) is 0 Å². The average molecular weight is 278 g/mol. The summed E-state index contributed by atoms with van der Waals surface area (Å²) in [7, 11) is 0.394. The largest absolute Gasteiger partial charge is 0.385 e. The molecule has 5 nitrogen and oxygen atoms in total. The molecule has 6 heteroatoms. The first kappa shape index (κ1) is 15.9. The van der Waals surface area contributed by atoms with Gasteiger partial charge in [-0.3, -0.25) is 0 Å². The van der Waals surface area contributed by atoms with E-state index in [2.05, 4.69) is 5.32 Å². The van der Waals surface area contributed by atoms with E-state index < -0.39 is 10.0 Å². The van der Waals surface area contributed by atoms with Crippen LogP contribution in [0.15, 0.2) is 0 Å². The zero-order valence-corrected chi connectivity index (χ0v) is 12.3.